The molecule has 0 saturated carbocycles. The molecule has 0 aliphatic heterocycles. The topological polar surface area (TPSA) is 76.1 Å². The first-order chi connectivity index (χ1) is 10.2. The normalized spacial score (nSPS) is 10.0. The highest BCUT2D eigenvalue weighted by Gasteiger charge is 2.04. The van der Waals surface area contributed by atoms with Crippen LogP contribution >= 0.6 is 0 Å². The van der Waals surface area contributed by atoms with Gasteiger partial charge in [-0.25, -0.2) is 9.37 Å². The molecule has 0 fully saturated rings. The van der Waals surface area contributed by atoms with Crippen LogP contribution in [0.25, 0.3) is 0 Å². The van der Waals surface area contributed by atoms with Crippen LogP contribution in [0.3, 0.4) is 0 Å². The lowest BCUT2D eigenvalue weighted by Gasteiger charge is -2.07. The molecule has 0 bridgehead atoms. The molecular weight excluding hydrogens is 275 g/mol. The molecule has 1 heterocycles. The number of likely N-dealkylation sites (N-methyl/N-ethyl adjacent to an activating group) is 1. The summed E-state index contributed by atoms with van der Waals surface area (Å²) < 4.78 is 18.3. The highest BCUT2D eigenvalue weighted by molar-refractivity contribution is 5.80. The number of hydrogen-bond donors (Lipinski definition) is 2. The third-order valence-corrected chi connectivity index (χ3v) is 2.45. The summed E-state index contributed by atoms with van der Waals surface area (Å²) in [4.78, 5) is 19.4. The molecule has 0 spiro atoms. The van der Waals surface area contributed by atoms with Gasteiger partial charge < -0.3 is 15.4 Å². The van der Waals surface area contributed by atoms with Crippen molar-refractivity contribution in [1.29, 1.82) is 0 Å². The van der Waals surface area contributed by atoms with Gasteiger partial charge in [0.05, 0.1) is 6.54 Å². The summed E-state index contributed by atoms with van der Waals surface area (Å²) in [7, 11) is 0. The maximum absolute atomic E-state index is 12.8. The molecule has 0 saturated heterocycles. The number of nitrogens with zero attached hydrogens (tertiary/aromatic N) is 2. The molecule has 1 amide bonds. The molecular formula is C14H15FN4O2. The summed E-state index contributed by atoms with van der Waals surface area (Å²) >= 11 is 0. The zero-order valence-electron chi connectivity index (χ0n) is 11.5. The van der Waals surface area contributed by atoms with Crippen molar-refractivity contribution in [1.82, 2.24) is 15.3 Å². The first-order valence-electron chi connectivity index (χ1n) is 6.44. The van der Waals surface area contributed by atoms with Crippen LogP contribution in [-0.2, 0) is 4.79 Å². The van der Waals surface area contributed by atoms with Gasteiger partial charge in [-0.15, -0.1) is 0 Å². The summed E-state index contributed by atoms with van der Waals surface area (Å²) in [5.74, 6) is 0.556. The van der Waals surface area contributed by atoms with Crippen molar-refractivity contribution >= 4 is 11.9 Å². The van der Waals surface area contributed by atoms with Crippen LogP contribution in [0.2, 0.25) is 0 Å². The molecule has 110 valence electrons. The number of carbonyl (C=O) groups excluding carboxylic acids is 1. The van der Waals surface area contributed by atoms with Gasteiger partial charge in [0.1, 0.15) is 11.6 Å². The van der Waals surface area contributed by atoms with E-state index < -0.39 is 0 Å². The molecule has 0 aliphatic rings. The fraction of sp³-hybridized carbons (Fsp3) is 0.214. The second-order valence-electron chi connectivity index (χ2n) is 4.08. The quantitative estimate of drug-likeness (QED) is 0.850. The Balaban J connectivity index is 1.97. The summed E-state index contributed by atoms with van der Waals surface area (Å²) in [6.07, 6.45) is 1.51. The average Bonchev–Trinajstić information content (AvgIpc) is 2.48. The van der Waals surface area contributed by atoms with E-state index in [2.05, 4.69) is 20.6 Å². The Morgan fingerprint density at radius 1 is 1.29 bits per heavy atom. The van der Waals surface area contributed by atoms with Gasteiger partial charge >= 0.3 is 0 Å². The van der Waals surface area contributed by atoms with Crippen LogP contribution < -0.4 is 15.4 Å². The van der Waals surface area contributed by atoms with E-state index in [4.69, 9.17) is 4.74 Å². The Morgan fingerprint density at radius 2 is 2.05 bits per heavy atom. The van der Waals surface area contributed by atoms with Crippen molar-refractivity contribution in [2.24, 2.45) is 0 Å². The number of benzene rings is 1. The number of carbonyl (C=O) groups is 1. The van der Waals surface area contributed by atoms with Crippen molar-refractivity contribution in [3.05, 3.63) is 42.3 Å². The third-order valence-electron chi connectivity index (χ3n) is 2.45. The Labute approximate surface area is 121 Å². The fourth-order valence-corrected chi connectivity index (χ4v) is 1.53. The molecule has 0 unspecified atom stereocenters. The molecule has 6 nitrogen and oxygen atoms in total. The highest BCUT2D eigenvalue weighted by Crippen LogP contribution is 2.19. The van der Waals surface area contributed by atoms with Crippen molar-refractivity contribution < 1.29 is 13.9 Å². The van der Waals surface area contributed by atoms with E-state index in [1.54, 1.807) is 6.07 Å². The number of amides is 1. The Bertz CT molecular complexity index is 604. The molecule has 0 aliphatic carbocycles. The van der Waals surface area contributed by atoms with Gasteiger partial charge in [-0.2, -0.15) is 4.98 Å². The van der Waals surface area contributed by atoms with Gasteiger partial charge in [0.2, 0.25) is 17.7 Å². The molecule has 2 aromatic rings. The van der Waals surface area contributed by atoms with Crippen LogP contribution in [0.1, 0.15) is 6.92 Å². The van der Waals surface area contributed by atoms with Crippen LogP contribution in [0.5, 0.6) is 11.6 Å². The smallest absolute Gasteiger partial charge is 0.239 e. The second-order valence-corrected chi connectivity index (χ2v) is 4.08. The van der Waals surface area contributed by atoms with E-state index in [1.165, 1.54) is 30.5 Å². The Kier molecular flexibility index (Phi) is 5.03. The van der Waals surface area contributed by atoms with E-state index in [1.807, 2.05) is 6.92 Å². The number of anilines is 1. The molecule has 0 atom stereocenters. The summed E-state index contributed by atoms with van der Waals surface area (Å²) in [5.41, 5.74) is 0. The number of aromatic nitrogens is 2. The molecule has 1 aromatic heterocycles. The lowest BCUT2D eigenvalue weighted by atomic mass is 10.3. The lowest BCUT2D eigenvalue weighted by Crippen LogP contribution is -2.29. The first kappa shape index (κ1) is 14.7. The van der Waals surface area contributed by atoms with E-state index in [0.29, 0.717) is 18.2 Å². The van der Waals surface area contributed by atoms with E-state index in [-0.39, 0.29) is 24.2 Å². The van der Waals surface area contributed by atoms with Crippen LogP contribution in [-0.4, -0.2) is 29.0 Å². The van der Waals surface area contributed by atoms with Crippen LogP contribution in [0, 0.1) is 5.82 Å². The van der Waals surface area contributed by atoms with Gasteiger partial charge in [0.25, 0.3) is 0 Å². The summed E-state index contributed by atoms with van der Waals surface area (Å²) in [5, 5.41) is 5.44. The molecule has 21 heavy (non-hydrogen) atoms. The van der Waals surface area contributed by atoms with Crippen molar-refractivity contribution in [2.45, 2.75) is 6.92 Å². The van der Waals surface area contributed by atoms with Crippen molar-refractivity contribution in [2.75, 3.05) is 18.4 Å². The maximum atomic E-state index is 12.8. The van der Waals surface area contributed by atoms with Gasteiger partial charge in [-0.3, -0.25) is 4.79 Å². The molecule has 2 rings (SSSR count). The molecule has 2 N–H and O–H groups in total. The van der Waals surface area contributed by atoms with Crippen LogP contribution in [0.15, 0.2) is 36.5 Å². The number of nitrogens with one attached hydrogen (secondary N) is 2. The van der Waals surface area contributed by atoms with Gasteiger partial charge in [0, 0.05) is 18.8 Å². The van der Waals surface area contributed by atoms with Gasteiger partial charge in [-0.05, 0) is 31.2 Å². The predicted octanol–water partition coefficient (Wildman–Crippen LogP) is 1.96. The number of halogens is 1. The van der Waals surface area contributed by atoms with Crippen LogP contribution in [0.4, 0.5) is 10.3 Å². The maximum Gasteiger partial charge on any atom is 0.239 e. The minimum Gasteiger partial charge on any atom is -0.439 e. The average molecular weight is 290 g/mol. The molecule has 0 radical (unpaired) electrons. The zero-order valence-corrected chi connectivity index (χ0v) is 11.5. The zero-order chi connectivity index (χ0) is 15.1. The monoisotopic (exact) mass is 290 g/mol. The van der Waals surface area contributed by atoms with Gasteiger partial charge in [-0.1, -0.05) is 0 Å². The Morgan fingerprint density at radius 3 is 2.76 bits per heavy atom. The fourth-order valence-electron chi connectivity index (χ4n) is 1.53. The van der Waals surface area contributed by atoms with Gasteiger partial charge in [0.15, 0.2) is 0 Å². The lowest BCUT2D eigenvalue weighted by molar-refractivity contribution is -0.119. The number of rotatable bonds is 6. The second kappa shape index (κ2) is 7.18. The first-order valence-corrected chi connectivity index (χ1v) is 6.44. The minimum atomic E-state index is -0.339. The third kappa shape index (κ3) is 4.72. The van der Waals surface area contributed by atoms with Crippen molar-refractivity contribution in [3.8, 4) is 11.6 Å². The predicted molar refractivity (Wildman–Crippen MR) is 75.7 cm³/mol. The Hall–Kier alpha value is -2.70. The largest absolute Gasteiger partial charge is 0.439 e. The number of hydrogen-bond acceptors (Lipinski definition) is 5. The van der Waals surface area contributed by atoms with Crippen molar-refractivity contribution in [3.63, 3.8) is 0 Å². The van der Waals surface area contributed by atoms with E-state index in [0.717, 1.165) is 0 Å². The highest BCUT2D eigenvalue weighted by atomic mass is 19.1. The minimum absolute atomic E-state index is 0.0772. The molecule has 7 heteroatoms. The number of ether oxygens (including phenoxy) is 1. The van der Waals surface area contributed by atoms with E-state index >= 15 is 0 Å². The van der Waals surface area contributed by atoms with E-state index in [9.17, 15) is 9.18 Å². The standard InChI is InChI=1S/C14H15FN4O2/c1-2-16-12(20)9-18-14-17-8-7-13(19-14)21-11-5-3-10(15)4-6-11/h3-8H,2,9H2,1H3,(H,16,20)(H,17,18,19). The summed E-state index contributed by atoms with van der Waals surface area (Å²) in [6.45, 7) is 2.48. The molecule has 1 aromatic carbocycles. The SMILES string of the molecule is CCNC(=O)CNc1nccc(Oc2ccc(F)cc2)n1. The summed E-state index contributed by atoms with van der Waals surface area (Å²) in [6, 6.07) is 7.16.